The Hall–Kier alpha value is -1.58. The maximum Gasteiger partial charge on any atom is 0.250 e. The lowest BCUT2D eigenvalue weighted by molar-refractivity contribution is -0.120. The third-order valence-electron chi connectivity index (χ3n) is 4.33. The average molecular weight is 260 g/mol. The molecule has 0 saturated heterocycles. The lowest BCUT2D eigenvalue weighted by Crippen LogP contribution is -2.24. The van der Waals surface area contributed by atoms with Crippen LogP contribution in [0.15, 0.2) is 23.1 Å². The van der Waals surface area contributed by atoms with Gasteiger partial charge in [-0.2, -0.15) is 0 Å². The molecular formula is C15H20N2O2. The van der Waals surface area contributed by atoms with E-state index < -0.39 is 0 Å². The van der Waals surface area contributed by atoms with Gasteiger partial charge in [-0.25, -0.2) is 0 Å². The molecule has 0 bridgehead atoms. The predicted molar refractivity (Wildman–Crippen MR) is 73.9 cm³/mol. The normalized spacial score (nSPS) is 27.9. The van der Waals surface area contributed by atoms with E-state index in [9.17, 15) is 9.59 Å². The van der Waals surface area contributed by atoms with Gasteiger partial charge in [0.2, 0.25) is 5.91 Å². The van der Waals surface area contributed by atoms with Crippen molar-refractivity contribution in [3.05, 3.63) is 28.7 Å². The van der Waals surface area contributed by atoms with E-state index in [1.54, 1.807) is 16.8 Å². The van der Waals surface area contributed by atoms with Crippen LogP contribution in [0.2, 0.25) is 0 Å². The topological polar surface area (TPSA) is 51.1 Å². The fraction of sp³-hybridized carbons (Fsp3) is 0.600. The zero-order chi connectivity index (χ0) is 13.4. The van der Waals surface area contributed by atoms with Crippen molar-refractivity contribution in [2.24, 2.45) is 17.8 Å². The van der Waals surface area contributed by atoms with Crippen molar-refractivity contribution in [3.8, 4) is 0 Å². The van der Waals surface area contributed by atoms with Crippen molar-refractivity contribution in [2.45, 2.75) is 39.2 Å². The van der Waals surface area contributed by atoms with Crippen LogP contribution in [0.4, 0.5) is 5.69 Å². The number of aromatic nitrogens is 1. The summed E-state index contributed by atoms with van der Waals surface area (Å²) in [7, 11) is 0. The predicted octanol–water partition coefficient (Wildman–Crippen LogP) is 2.24. The number of carbonyl (C=O) groups is 1. The SMILES string of the molecule is CCCn1cc(NC(=O)C2CC3CC3C2)ccc1=O. The Morgan fingerprint density at radius 2 is 2.05 bits per heavy atom. The molecule has 1 heterocycles. The highest BCUT2D eigenvalue weighted by atomic mass is 16.2. The molecule has 3 rings (SSSR count). The summed E-state index contributed by atoms with van der Waals surface area (Å²) in [6.07, 6.45) is 6.07. The number of hydrogen-bond donors (Lipinski definition) is 1. The lowest BCUT2D eigenvalue weighted by Gasteiger charge is -2.13. The maximum absolute atomic E-state index is 12.1. The minimum Gasteiger partial charge on any atom is -0.325 e. The van der Waals surface area contributed by atoms with Gasteiger partial charge in [0.15, 0.2) is 0 Å². The monoisotopic (exact) mass is 260 g/mol. The van der Waals surface area contributed by atoms with Gasteiger partial charge >= 0.3 is 0 Å². The third-order valence-corrected chi connectivity index (χ3v) is 4.33. The third kappa shape index (κ3) is 2.57. The largest absolute Gasteiger partial charge is 0.325 e. The van der Waals surface area contributed by atoms with E-state index >= 15 is 0 Å². The molecule has 0 radical (unpaired) electrons. The standard InChI is InChI=1S/C15H20N2O2/c1-2-5-17-9-13(3-4-14(17)18)16-15(19)12-7-10-6-11(10)8-12/h3-4,9-12H,2,5-8H2,1H3,(H,16,19). The number of fused-ring (bicyclic) bond motifs is 1. The molecule has 2 aliphatic rings. The van der Waals surface area contributed by atoms with Gasteiger partial charge in [-0.3, -0.25) is 9.59 Å². The average Bonchev–Trinajstić information content (AvgIpc) is 3.00. The van der Waals surface area contributed by atoms with E-state index in [1.807, 2.05) is 6.92 Å². The summed E-state index contributed by atoms with van der Waals surface area (Å²) in [6.45, 7) is 2.72. The number of aryl methyl sites for hydroxylation is 1. The van der Waals surface area contributed by atoms with Crippen molar-refractivity contribution in [1.82, 2.24) is 4.57 Å². The summed E-state index contributed by atoms with van der Waals surface area (Å²) >= 11 is 0. The molecule has 2 unspecified atom stereocenters. The van der Waals surface area contributed by atoms with Gasteiger partial charge < -0.3 is 9.88 Å². The molecule has 0 spiro atoms. The second kappa shape index (κ2) is 4.83. The Bertz CT molecular complexity index is 539. The van der Waals surface area contributed by atoms with E-state index in [2.05, 4.69) is 5.32 Å². The van der Waals surface area contributed by atoms with Crippen LogP contribution < -0.4 is 10.9 Å². The zero-order valence-electron chi connectivity index (χ0n) is 11.3. The summed E-state index contributed by atoms with van der Waals surface area (Å²) in [5.41, 5.74) is 0.723. The van der Waals surface area contributed by atoms with E-state index in [-0.39, 0.29) is 17.4 Å². The molecule has 0 aliphatic heterocycles. The first-order valence-electron chi connectivity index (χ1n) is 7.18. The number of carbonyl (C=O) groups excluding carboxylic acids is 1. The molecule has 2 atom stereocenters. The van der Waals surface area contributed by atoms with Gasteiger partial charge in [-0.05, 0) is 43.6 Å². The second-order valence-electron chi connectivity index (χ2n) is 5.86. The van der Waals surface area contributed by atoms with Crippen molar-refractivity contribution >= 4 is 11.6 Å². The Kier molecular flexibility index (Phi) is 3.17. The van der Waals surface area contributed by atoms with Crippen LogP contribution in [0.5, 0.6) is 0 Å². The summed E-state index contributed by atoms with van der Waals surface area (Å²) in [5, 5.41) is 2.95. The number of hydrogen-bond acceptors (Lipinski definition) is 2. The van der Waals surface area contributed by atoms with Crippen LogP contribution in [0.25, 0.3) is 0 Å². The van der Waals surface area contributed by atoms with Crippen LogP contribution in [0.1, 0.15) is 32.6 Å². The molecular weight excluding hydrogens is 240 g/mol. The van der Waals surface area contributed by atoms with Gasteiger partial charge in [-0.1, -0.05) is 6.92 Å². The Balaban J connectivity index is 1.67. The fourth-order valence-corrected chi connectivity index (χ4v) is 3.19. The number of pyridine rings is 1. The quantitative estimate of drug-likeness (QED) is 0.902. The zero-order valence-corrected chi connectivity index (χ0v) is 11.3. The van der Waals surface area contributed by atoms with Gasteiger partial charge in [0.1, 0.15) is 0 Å². The van der Waals surface area contributed by atoms with Crippen molar-refractivity contribution in [2.75, 3.05) is 5.32 Å². The Morgan fingerprint density at radius 1 is 1.32 bits per heavy atom. The minimum absolute atomic E-state index is 0.0121. The number of nitrogens with one attached hydrogen (secondary N) is 1. The highest BCUT2D eigenvalue weighted by Crippen LogP contribution is 2.54. The van der Waals surface area contributed by atoms with Gasteiger partial charge in [0.05, 0.1) is 5.69 Å². The Labute approximate surface area is 112 Å². The van der Waals surface area contributed by atoms with E-state index in [1.165, 1.54) is 12.5 Å². The number of rotatable bonds is 4. The van der Waals surface area contributed by atoms with Crippen molar-refractivity contribution in [3.63, 3.8) is 0 Å². The number of amides is 1. The van der Waals surface area contributed by atoms with Gasteiger partial charge in [0, 0.05) is 24.7 Å². The second-order valence-corrected chi connectivity index (χ2v) is 5.86. The van der Waals surface area contributed by atoms with E-state index in [0.29, 0.717) is 6.54 Å². The van der Waals surface area contributed by atoms with Crippen LogP contribution in [-0.2, 0) is 11.3 Å². The van der Waals surface area contributed by atoms with Crippen LogP contribution >= 0.6 is 0 Å². The first-order valence-corrected chi connectivity index (χ1v) is 7.18. The van der Waals surface area contributed by atoms with Crippen LogP contribution in [-0.4, -0.2) is 10.5 Å². The minimum atomic E-state index is -0.0121. The van der Waals surface area contributed by atoms with Crippen LogP contribution in [0.3, 0.4) is 0 Å². The van der Waals surface area contributed by atoms with Gasteiger partial charge in [-0.15, -0.1) is 0 Å². The fourth-order valence-electron chi connectivity index (χ4n) is 3.19. The van der Waals surface area contributed by atoms with E-state index in [4.69, 9.17) is 0 Å². The molecule has 4 nitrogen and oxygen atoms in total. The molecule has 2 fully saturated rings. The molecule has 1 amide bonds. The summed E-state index contributed by atoms with van der Waals surface area (Å²) in [6, 6.07) is 3.22. The maximum atomic E-state index is 12.1. The highest BCUT2D eigenvalue weighted by molar-refractivity contribution is 5.92. The Morgan fingerprint density at radius 3 is 2.74 bits per heavy atom. The first kappa shape index (κ1) is 12.5. The molecule has 1 N–H and O–H groups in total. The molecule has 4 heteroatoms. The molecule has 1 aromatic heterocycles. The molecule has 2 saturated carbocycles. The van der Waals surface area contributed by atoms with Crippen LogP contribution in [0, 0.1) is 17.8 Å². The highest BCUT2D eigenvalue weighted by Gasteiger charge is 2.47. The van der Waals surface area contributed by atoms with Crippen molar-refractivity contribution in [1.29, 1.82) is 0 Å². The summed E-state index contributed by atoms with van der Waals surface area (Å²) in [4.78, 5) is 23.7. The molecule has 19 heavy (non-hydrogen) atoms. The van der Waals surface area contributed by atoms with Gasteiger partial charge in [0.25, 0.3) is 5.56 Å². The van der Waals surface area contributed by atoms with Crippen molar-refractivity contribution < 1.29 is 4.79 Å². The van der Waals surface area contributed by atoms with E-state index in [0.717, 1.165) is 36.8 Å². The first-order chi connectivity index (χ1) is 9.17. The summed E-state index contributed by atoms with van der Waals surface area (Å²) in [5.74, 6) is 1.92. The molecule has 1 aromatic rings. The smallest absolute Gasteiger partial charge is 0.250 e. The lowest BCUT2D eigenvalue weighted by atomic mass is 10.0. The molecule has 2 aliphatic carbocycles. The number of nitrogens with zero attached hydrogens (tertiary/aromatic N) is 1. The summed E-state index contributed by atoms with van der Waals surface area (Å²) < 4.78 is 1.65. The number of anilines is 1. The molecule has 102 valence electrons. The molecule has 0 aromatic carbocycles.